The molecule has 0 aliphatic heterocycles. The van der Waals surface area contributed by atoms with Gasteiger partial charge in [-0.1, -0.05) is 36.4 Å². The van der Waals surface area contributed by atoms with Gasteiger partial charge in [0.2, 0.25) is 5.91 Å². The van der Waals surface area contributed by atoms with Crippen molar-refractivity contribution in [3.63, 3.8) is 0 Å². The van der Waals surface area contributed by atoms with Gasteiger partial charge in [-0.2, -0.15) is 0 Å². The number of thioether (sulfide) groups is 1. The number of carbonyl (C=O) groups excluding carboxylic acids is 1. The van der Waals surface area contributed by atoms with E-state index in [0.29, 0.717) is 12.2 Å². The van der Waals surface area contributed by atoms with E-state index in [0.717, 1.165) is 10.6 Å². The number of benzene rings is 1. The Kier molecular flexibility index (Phi) is 6.24. The van der Waals surface area contributed by atoms with Crippen LogP contribution in [0.25, 0.3) is 0 Å². The Labute approximate surface area is 128 Å². The normalized spacial score (nSPS) is 11.9. The van der Waals surface area contributed by atoms with Crippen LogP contribution in [0.1, 0.15) is 18.0 Å². The Morgan fingerprint density at radius 2 is 1.95 bits per heavy atom. The Balaban J connectivity index is 1.78. The van der Waals surface area contributed by atoms with Crippen LogP contribution in [-0.2, 0) is 4.79 Å². The average molecular weight is 302 g/mol. The lowest BCUT2D eigenvalue weighted by molar-refractivity contribution is -0.121. The number of amides is 1. The number of aromatic nitrogens is 1. The van der Waals surface area contributed by atoms with E-state index in [-0.39, 0.29) is 18.6 Å². The van der Waals surface area contributed by atoms with Crippen molar-refractivity contribution in [1.29, 1.82) is 0 Å². The van der Waals surface area contributed by atoms with E-state index < -0.39 is 0 Å². The molecule has 0 aliphatic carbocycles. The summed E-state index contributed by atoms with van der Waals surface area (Å²) < 4.78 is 0. The molecule has 2 aromatic rings. The van der Waals surface area contributed by atoms with Gasteiger partial charge in [-0.05, 0) is 17.7 Å². The molecule has 0 spiro atoms. The Hall–Kier alpha value is -1.85. The third kappa shape index (κ3) is 5.21. The molecule has 0 radical (unpaired) electrons. The smallest absolute Gasteiger partial charge is 0.221 e. The van der Waals surface area contributed by atoms with Crippen molar-refractivity contribution in [2.75, 3.05) is 12.4 Å². The van der Waals surface area contributed by atoms with Crippen LogP contribution in [0.2, 0.25) is 0 Å². The van der Waals surface area contributed by atoms with Gasteiger partial charge in [0.15, 0.2) is 0 Å². The summed E-state index contributed by atoms with van der Waals surface area (Å²) in [6, 6.07) is 14.8. The van der Waals surface area contributed by atoms with Gasteiger partial charge >= 0.3 is 0 Å². The first kappa shape index (κ1) is 15.5. The van der Waals surface area contributed by atoms with Crippen molar-refractivity contribution in [3.8, 4) is 0 Å². The predicted molar refractivity (Wildman–Crippen MR) is 84.0 cm³/mol. The number of aliphatic hydroxyl groups excluding tert-OH is 1. The number of nitrogens with zero attached hydrogens (tertiary/aromatic N) is 1. The fourth-order valence-electron chi connectivity index (χ4n) is 1.87. The summed E-state index contributed by atoms with van der Waals surface area (Å²) in [5, 5.41) is 13.2. The van der Waals surface area contributed by atoms with Crippen LogP contribution in [0, 0.1) is 0 Å². The van der Waals surface area contributed by atoms with Gasteiger partial charge in [0.05, 0.1) is 17.7 Å². The lowest BCUT2D eigenvalue weighted by atomic mass is 10.1. The number of nitrogens with one attached hydrogen (secondary N) is 1. The molecule has 1 amide bonds. The zero-order valence-electron chi connectivity index (χ0n) is 11.6. The summed E-state index contributed by atoms with van der Waals surface area (Å²) in [6.07, 6.45) is 2.13. The maximum Gasteiger partial charge on any atom is 0.221 e. The highest BCUT2D eigenvalue weighted by molar-refractivity contribution is 7.99. The summed E-state index contributed by atoms with van der Waals surface area (Å²) in [4.78, 5) is 16.1. The molecule has 21 heavy (non-hydrogen) atoms. The van der Waals surface area contributed by atoms with Crippen LogP contribution in [0.4, 0.5) is 0 Å². The highest BCUT2D eigenvalue weighted by atomic mass is 32.2. The lowest BCUT2D eigenvalue weighted by Gasteiger charge is -2.16. The van der Waals surface area contributed by atoms with Crippen LogP contribution in [0.3, 0.4) is 0 Å². The topological polar surface area (TPSA) is 62.2 Å². The third-order valence-electron chi connectivity index (χ3n) is 2.94. The molecule has 0 aliphatic rings. The molecule has 1 aromatic carbocycles. The quantitative estimate of drug-likeness (QED) is 0.771. The second-order valence-corrected chi connectivity index (χ2v) is 5.59. The molecule has 1 unspecified atom stereocenters. The highest BCUT2D eigenvalue weighted by Crippen LogP contribution is 2.16. The number of pyridine rings is 1. The molecule has 2 rings (SSSR count). The molecule has 110 valence electrons. The molecule has 0 fully saturated rings. The van der Waals surface area contributed by atoms with Crippen molar-refractivity contribution < 1.29 is 9.90 Å². The van der Waals surface area contributed by atoms with Crippen LogP contribution in [0.15, 0.2) is 59.8 Å². The van der Waals surface area contributed by atoms with Crippen LogP contribution in [-0.4, -0.2) is 28.4 Å². The molecule has 4 nitrogen and oxygen atoms in total. The van der Waals surface area contributed by atoms with Crippen molar-refractivity contribution in [1.82, 2.24) is 10.3 Å². The van der Waals surface area contributed by atoms with Crippen molar-refractivity contribution in [2.45, 2.75) is 17.5 Å². The summed E-state index contributed by atoms with van der Waals surface area (Å²) in [6.45, 7) is -0.108. The summed E-state index contributed by atoms with van der Waals surface area (Å²) >= 11 is 1.54. The number of hydrogen-bond donors (Lipinski definition) is 2. The van der Waals surface area contributed by atoms with E-state index in [1.807, 2.05) is 48.5 Å². The van der Waals surface area contributed by atoms with Gasteiger partial charge in [0, 0.05) is 18.4 Å². The zero-order valence-corrected chi connectivity index (χ0v) is 12.4. The van der Waals surface area contributed by atoms with E-state index in [4.69, 9.17) is 0 Å². The number of hydrogen-bond acceptors (Lipinski definition) is 4. The molecule has 1 heterocycles. The third-order valence-corrected chi connectivity index (χ3v) is 3.88. The van der Waals surface area contributed by atoms with Crippen molar-refractivity contribution >= 4 is 17.7 Å². The monoisotopic (exact) mass is 302 g/mol. The fraction of sp³-hybridized carbons (Fsp3) is 0.250. The predicted octanol–water partition coefficient (Wildman–Crippen LogP) is 2.41. The molecule has 0 bridgehead atoms. The molecule has 0 saturated carbocycles. The largest absolute Gasteiger partial charge is 0.394 e. The van der Waals surface area contributed by atoms with Crippen molar-refractivity contribution in [2.24, 2.45) is 0 Å². The minimum atomic E-state index is -0.349. The standard InChI is InChI=1S/C16H18N2O2S/c19-12-14(13-6-2-1-3-7-13)18-15(20)9-11-21-16-8-4-5-10-17-16/h1-8,10,14,19H,9,11-12H2,(H,18,20). The molecular weight excluding hydrogens is 284 g/mol. The van der Waals surface area contributed by atoms with E-state index in [9.17, 15) is 9.90 Å². The SMILES string of the molecule is O=C(CCSc1ccccn1)NC(CO)c1ccccc1. The van der Waals surface area contributed by atoms with E-state index in [1.54, 1.807) is 18.0 Å². The summed E-state index contributed by atoms with van der Waals surface area (Å²) in [5.41, 5.74) is 0.908. The molecule has 0 saturated heterocycles. The first-order chi connectivity index (χ1) is 10.3. The first-order valence-electron chi connectivity index (χ1n) is 6.78. The van der Waals surface area contributed by atoms with E-state index in [2.05, 4.69) is 10.3 Å². The van der Waals surface area contributed by atoms with E-state index >= 15 is 0 Å². The minimum Gasteiger partial charge on any atom is -0.394 e. The average Bonchev–Trinajstić information content (AvgIpc) is 2.54. The van der Waals surface area contributed by atoms with Crippen molar-refractivity contribution in [3.05, 3.63) is 60.3 Å². The van der Waals surface area contributed by atoms with Gasteiger partial charge in [0.1, 0.15) is 0 Å². The van der Waals surface area contributed by atoms with Gasteiger partial charge in [0.25, 0.3) is 0 Å². The molecule has 1 aromatic heterocycles. The summed E-state index contributed by atoms with van der Waals surface area (Å²) in [5.74, 6) is 0.594. The van der Waals surface area contributed by atoms with Crippen LogP contribution in [0.5, 0.6) is 0 Å². The van der Waals surface area contributed by atoms with Gasteiger partial charge in [-0.3, -0.25) is 4.79 Å². The Morgan fingerprint density at radius 1 is 1.19 bits per heavy atom. The molecule has 1 atom stereocenters. The second-order valence-electron chi connectivity index (χ2n) is 4.48. The number of aliphatic hydroxyl groups is 1. The highest BCUT2D eigenvalue weighted by Gasteiger charge is 2.13. The van der Waals surface area contributed by atoms with Crippen LogP contribution < -0.4 is 5.32 Å². The maximum absolute atomic E-state index is 11.9. The number of rotatable bonds is 7. The van der Waals surface area contributed by atoms with E-state index in [1.165, 1.54) is 0 Å². The molecular formula is C16H18N2O2S. The second kappa shape index (κ2) is 8.44. The van der Waals surface area contributed by atoms with Gasteiger partial charge in [-0.25, -0.2) is 4.98 Å². The Bertz CT molecular complexity index is 549. The molecule has 2 N–H and O–H groups in total. The maximum atomic E-state index is 11.9. The fourth-order valence-corrected chi connectivity index (χ4v) is 2.67. The first-order valence-corrected chi connectivity index (χ1v) is 7.77. The van der Waals surface area contributed by atoms with Crippen LogP contribution >= 0.6 is 11.8 Å². The minimum absolute atomic E-state index is 0.0682. The number of carbonyl (C=O) groups is 1. The summed E-state index contributed by atoms with van der Waals surface area (Å²) in [7, 11) is 0. The molecule has 5 heteroatoms. The van der Waals surface area contributed by atoms with Gasteiger partial charge < -0.3 is 10.4 Å². The Morgan fingerprint density at radius 3 is 2.62 bits per heavy atom. The lowest BCUT2D eigenvalue weighted by Crippen LogP contribution is -2.30. The van der Waals surface area contributed by atoms with Gasteiger partial charge in [-0.15, -0.1) is 11.8 Å². The zero-order chi connectivity index (χ0) is 14.9.